The molecule has 6 heteroatoms. The van der Waals surface area contributed by atoms with Crippen molar-refractivity contribution in [3.05, 3.63) is 26.7 Å². The largest absolute Gasteiger partial charge is 0.394 e. The van der Waals surface area contributed by atoms with Crippen LogP contribution in [0.2, 0.25) is 10.0 Å². The predicted octanol–water partition coefficient (Wildman–Crippen LogP) is 2.52. The molecule has 0 heterocycles. The second-order valence-corrected chi connectivity index (χ2v) is 4.66. The number of halogens is 3. The van der Waals surface area contributed by atoms with E-state index in [1.165, 1.54) is 0 Å². The summed E-state index contributed by atoms with van der Waals surface area (Å²) in [5.74, 6) is 0. The second-order valence-electron chi connectivity index (χ2n) is 2.96. The Morgan fingerprint density at radius 1 is 1.40 bits per heavy atom. The minimum absolute atomic E-state index is 0.219. The van der Waals surface area contributed by atoms with Crippen molar-refractivity contribution in [3.63, 3.8) is 0 Å². The molecule has 0 aliphatic heterocycles. The van der Waals surface area contributed by atoms with Crippen LogP contribution in [0.5, 0.6) is 0 Å². The molecule has 1 unspecified atom stereocenters. The van der Waals surface area contributed by atoms with E-state index in [1.807, 2.05) is 0 Å². The molecule has 0 aliphatic carbocycles. The summed E-state index contributed by atoms with van der Waals surface area (Å²) in [5.41, 5.74) is 0.647. The van der Waals surface area contributed by atoms with Crippen LogP contribution in [0.25, 0.3) is 0 Å². The van der Waals surface area contributed by atoms with Gasteiger partial charge in [0.2, 0.25) is 0 Å². The summed E-state index contributed by atoms with van der Waals surface area (Å²) in [4.78, 5) is 0. The van der Waals surface area contributed by atoms with Gasteiger partial charge in [0.25, 0.3) is 0 Å². The lowest BCUT2D eigenvalue weighted by Gasteiger charge is -2.13. The third-order valence-electron chi connectivity index (χ3n) is 1.73. The summed E-state index contributed by atoms with van der Waals surface area (Å²) in [5, 5.41) is 21.7. The van der Waals surface area contributed by atoms with Crippen LogP contribution in [-0.4, -0.2) is 29.5 Å². The van der Waals surface area contributed by atoms with Crippen LogP contribution in [0.15, 0.2) is 16.6 Å². The summed E-state index contributed by atoms with van der Waals surface area (Å²) in [6.45, 7) is -0.0771. The summed E-state index contributed by atoms with van der Waals surface area (Å²) in [6, 6.07) is 3.29. The molecule has 0 bridgehead atoms. The maximum Gasteiger partial charge on any atom is 0.0942 e. The van der Waals surface area contributed by atoms with Crippen molar-refractivity contribution in [2.75, 3.05) is 18.5 Å². The number of rotatable bonds is 4. The molecule has 3 N–H and O–H groups in total. The lowest BCUT2D eigenvalue weighted by molar-refractivity contribution is 0.105. The molecule has 0 saturated heterocycles. The first-order valence-corrected chi connectivity index (χ1v) is 5.77. The number of hydrogen-bond donors (Lipinski definition) is 3. The van der Waals surface area contributed by atoms with Gasteiger partial charge < -0.3 is 15.5 Å². The van der Waals surface area contributed by atoms with Crippen molar-refractivity contribution >= 4 is 44.8 Å². The van der Waals surface area contributed by atoms with Crippen molar-refractivity contribution in [2.24, 2.45) is 0 Å². The Hall–Kier alpha value is -0.0000000000000000555. The maximum atomic E-state index is 9.16. The van der Waals surface area contributed by atoms with Crippen LogP contribution in [0, 0.1) is 0 Å². The number of anilines is 1. The van der Waals surface area contributed by atoms with Crippen LogP contribution in [0.3, 0.4) is 0 Å². The molecule has 1 aromatic carbocycles. The van der Waals surface area contributed by atoms with Crippen molar-refractivity contribution < 1.29 is 10.2 Å². The minimum atomic E-state index is -0.816. The molecule has 84 valence electrons. The number of aliphatic hydroxyl groups is 2. The van der Waals surface area contributed by atoms with Crippen LogP contribution in [0.1, 0.15) is 0 Å². The van der Waals surface area contributed by atoms with E-state index in [0.717, 1.165) is 0 Å². The number of aliphatic hydroxyl groups excluding tert-OH is 2. The first-order chi connectivity index (χ1) is 7.04. The van der Waals surface area contributed by atoms with Crippen molar-refractivity contribution in [1.29, 1.82) is 0 Å². The van der Waals surface area contributed by atoms with E-state index in [0.29, 0.717) is 20.2 Å². The molecular formula is C9H10BrCl2NO2. The Bertz CT molecular complexity index is 326. The first-order valence-electron chi connectivity index (χ1n) is 4.22. The summed E-state index contributed by atoms with van der Waals surface area (Å²) in [6.07, 6.45) is -0.816. The highest BCUT2D eigenvalue weighted by molar-refractivity contribution is 9.10. The van der Waals surface area contributed by atoms with Crippen LogP contribution < -0.4 is 5.32 Å². The molecular weight excluding hydrogens is 305 g/mol. The normalized spacial score (nSPS) is 12.6. The lowest BCUT2D eigenvalue weighted by Crippen LogP contribution is -2.23. The van der Waals surface area contributed by atoms with Crippen molar-refractivity contribution in [1.82, 2.24) is 0 Å². The van der Waals surface area contributed by atoms with Gasteiger partial charge >= 0.3 is 0 Å². The van der Waals surface area contributed by atoms with E-state index >= 15 is 0 Å². The number of benzene rings is 1. The third-order valence-corrected chi connectivity index (χ3v) is 2.87. The smallest absolute Gasteiger partial charge is 0.0942 e. The Morgan fingerprint density at radius 3 is 2.60 bits per heavy atom. The van der Waals surface area contributed by atoms with Gasteiger partial charge in [0.05, 0.1) is 23.4 Å². The van der Waals surface area contributed by atoms with Crippen LogP contribution in [-0.2, 0) is 0 Å². The molecule has 0 fully saturated rings. The van der Waals surface area contributed by atoms with Gasteiger partial charge in [-0.1, -0.05) is 23.2 Å². The Morgan fingerprint density at radius 2 is 2.07 bits per heavy atom. The fourth-order valence-corrected chi connectivity index (χ4v) is 2.40. The molecule has 0 spiro atoms. The highest BCUT2D eigenvalue weighted by atomic mass is 79.9. The third kappa shape index (κ3) is 3.81. The average Bonchev–Trinajstić information content (AvgIpc) is 2.15. The number of hydrogen-bond acceptors (Lipinski definition) is 3. The van der Waals surface area contributed by atoms with Crippen molar-refractivity contribution in [3.8, 4) is 0 Å². The van der Waals surface area contributed by atoms with E-state index < -0.39 is 6.10 Å². The molecule has 1 atom stereocenters. The van der Waals surface area contributed by atoms with Gasteiger partial charge in [-0.15, -0.1) is 0 Å². The van der Waals surface area contributed by atoms with E-state index in [1.54, 1.807) is 12.1 Å². The SMILES string of the molecule is OCC(O)CNc1c(Cl)cc(Cl)cc1Br. The Balaban J connectivity index is 2.77. The monoisotopic (exact) mass is 313 g/mol. The summed E-state index contributed by atoms with van der Waals surface area (Å²) >= 11 is 15.0. The van der Waals surface area contributed by atoms with E-state index in [4.69, 9.17) is 33.4 Å². The topological polar surface area (TPSA) is 52.5 Å². The van der Waals surface area contributed by atoms with Crippen LogP contribution in [0.4, 0.5) is 5.69 Å². The molecule has 0 saturated carbocycles. The first kappa shape index (κ1) is 13.1. The number of nitrogens with one attached hydrogen (secondary N) is 1. The standard InChI is InChI=1S/C9H10BrCl2NO2/c10-7-1-5(11)2-8(12)9(7)13-3-6(15)4-14/h1-2,6,13-15H,3-4H2. The fourth-order valence-electron chi connectivity index (χ4n) is 0.996. The zero-order valence-corrected chi connectivity index (χ0v) is 10.8. The zero-order chi connectivity index (χ0) is 11.4. The second kappa shape index (κ2) is 5.92. The van der Waals surface area contributed by atoms with Gasteiger partial charge in [0.15, 0.2) is 0 Å². The van der Waals surface area contributed by atoms with Gasteiger partial charge in [-0.3, -0.25) is 0 Å². The van der Waals surface area contributed by atoms with E-state index in [-0.39, 0.29) is 13.2 Å². The minimum Gasteiger partial charge on any atom is -0.394 e. The fraction of sp³-hybridized carbons (Fsp3) is 0.333. The highest BCUT2D eigenvalue weighted by Crippen LogP contribution is 2.33. The highest BCUT2D eigenvalue weighted by Gasteiger charge is 2.08. The van der Waals surface area contributed by atoms with Crippen molar-refractivity contribution in [2.45, 2.75) is 6.10 Å². The molecule has 15 heavy (non-hydrogen) atoms. The maximum absolute atomic E-state index is 9.16. The Kier molecular flexibility index (Phi) is 5.15. The summed E-state index contributed by atoms with van der Waals surface area (Å²) in [7, 11) is 0. The molecule has 0 radical (unpaired) electrons. The van der Waals surface area contributed by atoms with Gasteiger partial charge in [-0.05, 0) is 28.1 Å². The van der Waals surface area contributed by atoms with E-state index in [2.05, 4.69) is 21.2 Å². The molecule has 3 nitrogen and oxygen atoms in total. The summed E-state index contributed by atoms with van der Waals surface area (Å²) < 4.78 is 0.713. The van der Waals surface area contributed by atoms with Gasteiger partial charge in [-0.2, -0.15) is 0 Å². The predicted molar refractivity (Wildman–Crippen MR) is 65.7 cm³/mol. The van der Waals surface area contributed by atoms with Gasteiger partial charge in [-0.25, -0.2) is 0 Å². The van der Waals surface area contributed by atoms with Crippen LogP contribution >= 0.6 is 39.1 Å². The average molecular weight is 315 g/mol. The molecule has 0 amide bonds. The molecule has 0 aliphatic rings. The molecule has 1 aromatic rings. The molecule has 1 rings (SSSR count). The van der Waals surface area contributed by atoms with Gasteiger partial charge in [0, 0.05) is 16.0 Å². The Labute approximate surface area is 106 Å². The lowest BCUT2D eigenvalue weighted by atomic mass is 10.3. The zero-order valence-electron chi connectivity index (χ0n) is 7.67. The van der Waals surface area contributed by atoms with E-state index in [9.17, 15) is 0 Å². The molecule has 0 aromatic heterocycles. The van der Waals surface area contributed by atoms with Gasteiger partial charge in [0.1, 0.15) is 0 Å². The quantitative estimate of drug-likeness (QED) is 0.800.